The zero-order valence-corrected chi connectivity index (χ0v) is 12.0. The fourth-order valence-electron chi connectivity index (χ4n) is 2.35. The fourth-order valence-corrected chi connectivity index (χ4v) is 2.35. The summed E-state index contributed by atoms with van der Waals surface area (Å²) < 4.78 is 15.8. The quantitative estimate of drug-likeness (QED) is 0.810. The second-order valence-corrected chi connectivity index (χ2v) is 4.82. The summed E-state index contributed by atoms with van der Waals surface area (Å²) >= 11 is 0. The summed E-state index contributed by atoms with van der Waals surface area (Å²) in [5.74, 6) is 0.858. The van der Waals surface area contributed by atoms with Gasteiger partial charge in [0.2, 0.25) is 5.91 Å². The van der Waals surface area contributed by atoms with Crippen LogP contribution in [-0.2, 0) is 20.7 Å². The van der Waals surface area contributed by atoms with Crippen LogP contribution in [0.15, 0.2) is 24.3 Å². The van der Waals surface area contributed by atoms with Gasteiger partial charge in [-0.15, -0.1) is 0 Å². The van der Waals surface area contributed by atoms with Gasteiger partial charge in [-0.05, 0) is 17.7 Å². The molecular formula is C15H21NO4. The van der Waals surface area contributed by atoms with Crippen molar-refractivity contribution < 1.29 is 19.0 Å². The van der Waals surface area contributed by atoms with Gasteiger partial charge in [0.05, 0.1) is 19.8 Å². The Labute approximate surface area is 119 Å². The Morgan fingerprint density at radius 2 is 2.30 bits per heavy atom. The molecule has 1 aromatic rings. The van der Waals surface area contributed by atoms with Gasteiger partial charge in [0.15, 0.2) is 0 Å². The highest BCUT2D eigenvalue weighted by molar-refractivity contribution is 5.77. The van der Waals surface area contributed by atoms with Crippen molar-refractivity contribution >= 4 is 5.91 Å². The first kappa shape index (κ1) is 14.8. The van der Waals surface area contributed by atoms with E-state index in [4.69, 9.17) is 14.2 Å². The summed E-state index contributed by atoms with van der Waals surface area (Å²) in [6.07, 6.45) is 0.796. The summed E-state index contributed by atoms with van der Waals surface area (Å²) in [7, 11) is 3.19. The van der Waals surface area contributed by atoms with Crippen LogP contribution in [0, 0.1) is 0 Å². The van der Waals surface area contributed by atoms with Crippen LogP contribution < -0.4 is 4.74 Å². The third-order valence-corrected chi connectivity index (χ3v) is 3.36. The molecule has 2 rings (SSSR count). The van der Waals surface area contributed by atoms with Crippen LogP contribution in [0.5, 0.6) is 5.75 Å². The Hall–Kier alpha value is -1.59. The Morgan fingerprint density at radius 3 is 3.05 bits per heavy atom. The van der Waals surface area contributed by atoms with Crippen LogP contribution >= 0.6 is 0 Å². The molecule has 0 aliphatic carbocycles. The van der Waals surface area contributed by atoms with Crippen molar-refractivity contribution in [3.8, 4) is 5.75 Å². The number of morpholine rings is 1. The van der Waals surface area contributed by atoms with E-state index in [-0.39, 0.29) is 18.6 Å². The molecule has 1 amide bonds. The van der Waals surface area contributed by atoms with Crippen molar-refractivity contribution in [3.05, 3.63) is 29.8 Å². The molecule has 0 saturated carbocycles. The number of benzene rings is 1. The number of hydrogen-bond donors (Lipinski definition) is 0. The molecule has 20 heavy (non-hydrogen) atoms. The highest BCUT2D eigenvalue weighted by atomic mass is 16.5. The monoisotopic (exact) mass is 279 g/mol. The Kier molecular flexibility index (Phi) is 5.38. The maximum absolute atomic E-state index is 11.8. The van der Waals surface area contributed by atoms with E-state index in [0.717, 1.165) is 17.7 Å². The number of amides is 1. The van der Waals surface area contributed by atoms with Crippen LogP contribution in [0.3, 0.4) is 0 Å². The highest BCUT2D eigenvalue weighted by Gasteiger charge is 2.24. The topological polar surface area (TPSA) is 48.0 Å². The predicted octanol–water partition coefficient (Wildman–Crippen LogP) is 1.11. The third kappa shape index (κ3) is 3.95. The first-order chi connectivity index (χ1) is 9.72. The number of nitrogens with zero attached hydrogens (tertiary/aromatic N) is 1. The number of carbonyl (C=O) groups is 1. The summed E-state index contributed by atoms with van der Waals surface area (Å²) in [5.41, 5.74) is 1.15. The minimum atomic E-state index is 0.0199. The zero-order chi connectivity index (χ0) is 14.4. The third-order valence-electron chi connectivity index (χ3n) is 3.36. The molecule has 1 heterocycles. The van der Waals surface area contributed by atoms with Gasteiger partial charge >= 0.3 is 0 Å². The summed E-state index contributed by atoms with van der Waals surface area (Å²) in [6, 6.07) is 7.92. The first-order valence-corrected chi connectivity index (χ1v) is 6.74. The lowest BCUT2D eigenvalue weighted by molar-refractivity contribution is -0.142. The highest BCUT2D eigenvalue weighted by Crippen LogP contribution is 2.17. The first-order valence-electron chi connectivity index (χ1n) is 6.74. The molecule has 1 atom stereocenters. The van der Waals surface area contributed by atoms with Crippen LogP contribution in [-0.4, -0.2) is 57.4 Å². The molecule has 1 aliphatic rings. The average molecular weight is 279 g/mol. The van der Waals surface area contributed by atoms with Gasteiger partial charge in [-0.1, -0.05) is 12.1 Å². The second kappa shape index (κ2) is 7.26. The van der Waals surface area contributed by atoms with Crippen LogP contribution in [0.2, 0.25) is 0 Å². The largest absolute Gasteiger partial charge is 0.497 e. The number of methoxy groups -OCH3 is 2. The van der Waals surface area contributed by atoms with E-state index < -0.39 is 0 Å². The molecule has 0 N–H and O–H groups in total. The smallest absolute Gasteiger partial charge is 0.248 e. The Balaban J connectivity index is 1.93. The van der Waals surface area contributed by atoms with Gasteiger partial charge < -0.3 is 19.1 Å². The molecule has 0 radical (unpaired) electrons. The molecule has 0 bridgehead atoms. The molecule has 1 aromatic carbocycles. The van der Waals surface area contributed by atoms with E-state index >= 15 is 0 Å². The summed E-state index contributed by atoms with van der Waals surface area (Å²) in [4.78, 5) is 13.6. The van der Waals surface area contributed by atoms with Crippen molar-refractivity contribution in [1.29, 1.82) is 0 Å². The maximum Gasteiger partial charge on any atom is 0.248 e. The maximum atomic E-state index is 11.8. The second-order valence-electron chi connectivity index (χ2n) is 4.82. The summed E-state index contributed by atoms with van der Waals surface area (Å²) in [6.45, 7) is 1.95. The Bertz CT molecular complexity index is 449. The molecule has 110 valence electrons. The normalized spacial score (nSPS) is 18.9. The Morgan fingerprint density at radius 1 is 1.45 bits per heavy atom. The molecule has 0 unspecified atom stereocenters. The van der Waals surface area contributed by atoms with Crippen molar-refractivity contribution in [2.45, 2.75) is 12.5 Å². The van der Waals surface area contributed by atoms with E-state index in [1.54, 1.807) is 12.0 Å². The molecule has 1 saturated heterocycles. The van der Waals surface area contributed by atoms with Crippen molar-refractivity contribution in [1.82, 2.24) is 4.90 Å². The van der Waals surface area contributed by atoms with Crippen molar-refractivity contribution in [2.75, 3.05) is 40.5 Å². The lowest BCUT2D eigenvalue weighted by Gasteiger charge is -2.33. The van der Waals surface area contributed by atoms with E-state index in [1.807, 2.05) is 24.3 Å². The lowest BCUT2D eigenvalue weighted by atomic mass is 10.1. The van der Waals surface area contributed by atoms with E-state index in [2.05, 4.69) is 0 Å². The van der Waals surface area contributed by atoms with Crippen LogP contribution in [0.1, 0.15) is 5.56 Å². The van der Waals surface area contributed by atoms with E-state index in [9.17, 15) is 4.79 Å². The molecule has 0 aromatic heterocycles. The van der Waals surface area contributed by atoms with Crippen molar-refractivity contribution in [3.63, 3.8) is 0 Å². The molecule has 1 fully saturated rings. The number of carbonyl (C=O) groups excluding carboxylic acids is 1. The van der Waals surface area contributed by atoms with Gasteiger partial charge in [-0.2, -0.15) is 0 Å². The minimum absolute atomic E-state index is 0.0199. The standard InChI is InChI=1S/C15H21NO4/c1-18-11-15(17)16-6-7-20-14(10-16)9-12-4-3-5-13(8-12)19-2/h3-5,8,14H,6-7,9-11H2,1-2H3/t14-/m0/s1. The number of ether oxygens (including phenoxy) is 3. The summed E-state index contributed by atoms with van der Waals surface area (Å²) in [5, 5.41) is 0. The van der Waals surface area contributed by atoms with Gasteiger partial charge in [-0.25, -0.2) is 0 Å². The SMILES string of the molecule is COCC(=O)N1CCO[C@@H](Cc2cccc(OC)c2)C1. The molecule has 1 aliphatic heterocycles. The zero-order valence-electron chi connectivity index (χ0n) is 12.0. The van der Waals surface area contributed by atoms with Gasteiger partial charge in [0.1, 0.15) is 12.4 Å². The number of hydrogen-bond acceptors (Lipinski definition) is 4. The van der Waals surface area contributed by atoms with Crippen LogP contribution in [0.4, 0.5) is 0 Å². The molecule has 0 spiro atoms. The van der Waals surface area contributed by atoms with Gasteiger partial charge in [0, 0.05) is 26.6 Å². The molecular weight excluding hydrogens is 258 g/mol. The number of rotatable bonds is 5. The fraction of sp³-hybridized carbons (Fsp3) is 0.533. The average Bonchev–Trinajstić information content (AvgIpc) is 2.48. The van der Waals surface area contributed by atoms with Crippen LogP contribution in [0.25, 0.3) is 0 Å². The van der Waals surface area contributed by atoms with E-state index in [1.165, 1.54) is 7.11 Å². The van der Waals surface area contributed by atoms with E-state index in [0.29, 0.717) is 19.7 Å². The lowest BCUT2D eigenvalue weighted by Crippen LogP contribution is -2.47. The van der Waals surface area contributed by atoms with Crippen molar-refractivity contribution in [2.24, 2.45) is 0 Å². The minimum Gasteiger partial charge on any atom is -0.497 e. The van der Waals surface area contributed by atoms with Gasteiger partial charge in [-0.3, -0.25) is 4.79 Å². The predicted molar refractivity (Wildman–Crippen MR) is 74.9 cm³/mol. The molecule has 5 heteroatoms. The molecule has 5 nitrogen and oxygen atoms in total. The van der Waals surface area contributed by atoms with Gasteiger partial charge in [0.25, 0.3) is 0 Å².